The minimum atomic E-state index is 0.704. The molecule has 0 radical (unpaired) electrons. The molecular formula is C17H19N3O. The Morgan fingerprint density at radius 1 is 1.19 bits per heavy atom. The number of aryl methyl sites for hydroxylation is 1. The van der Waals surface area contributed by atoms with Crippen LogP contribution in [0, 0.1) is 6.92 Å². The molecule has 1 aromatic heterocycles. The zero-order valence-electron chi connectivity index (χ0n) is 12.3. The number of rotatable bonds is 4. The van der Waals surface area contributed by atoms with Crippen LogP contribution in [-0.4, -0.2) is 23.3 Å². The normalized spacial score (nSPS) is 11.1. The van der Waals surface area contributed by atoms with Crippen LogP contribution >= 0.6 is 0 Å². The summed E-state index contributed by atoms with van der Waals surface area (Å²) in [7, 11) is 1.73. The van der Waals surface area contributed by atoms with Gasteiger partial charge in [-0.1, -0.05) is 18.2 Å². The lowest BCUT2D eigenvalue weighted by molar-refractivity contribution is 0.202. The molecule has 4 heteroatoms. The first-order chi connectivity index (χ1) is 10.2. The Labute approximate surface area is 124 Å². The van der Waals surface area contributed by atoms with Crippen molar-refractivity contribution in [3.05, 3.63) is 53.9 Å². The molecule has 4 nitrogen and oxygen atoms in total. The van der Waals surface area contributed by atoms with E-state index in [1.165, 1.54) is 5.56 Å². The molecule has 2 aromatic carbocycles. The summed E-state index contributed by atoms with van der Waals surface area (Å²) >= 11 is 0. The van der Waals surface area contributed by atoms with Crippen molar-refractivity contribution in [3.63, 3.8) is 0 Å². The molecule has 0 saturated carbocycles. The maximum atomic E-state index is 5.85. The van der Waals surface area contributed by atoms with Crippen LogP contribution in [0.2, 0.25) is 0 Å². The third-order valence-corrected chi connectivity index (χ3v) is 3.65. The van der Waals surface area contributed by atoms with Crippen LogP contribution in [0.3, 0.4) is 0 Å². The number of hydrogen-bond donors (Lipinski definition) is 1. The van der Waals surface area contributed by atoms with E-state index in [-0.39, 0.29) is 0 Å². The number of imidazole rings is 1. The Bertz CT molecular complexity index is 777. The number of aromatic nitrogens is 2. The third kappa shape index (κ3) is 2.50. The SMILES string of the molecule is COCCc1ccccc1-n1c(C)nc2cc(N)ccc21. The number of nitrogens with zero attached hydrogens (tertiary/aromatic N) is 2. The van der Waals surface area contributed by atoms with Crippen molar-refractivity contribution in [1.82, 2.24) is 9.55 Å². The highest BCUT2D eigenvalue weighted by atomic mass is 16.5. The van der Waals surface area contributed by atoms with Gasteiger partial charge >= 0.3 is 0 Å². The van der Waals surface area contributed by atoms with E-state index in [9.17, 15) is 0 Å². The van der Waals surface area contributed by atoms with E-state index in [1.807, 2.05) is 31.2 Å². The van der Waals surface area contributed by atoms with E-state index in [0.717, 1.165) is 34.7 Å². The van der Waals surface area contributed by atoms with Crippen molar-refractivity contribution in [3.8, 4) is 5.69 Å². The highest BCUT2D eigenvalue weighted by Gasteiger charge is 2.12. The molecule has 2 N–H and O–H groups in total. The molecular weight excluding hydrogens is 262 g/mol. The molecule has 3 rings (SSSR count). The van der Waals surface area contributed by atoms with E-state index in [4.69, 9.17) is 10.5 Å². The molecule has 0 unspecified atom stereocenters. The molecule has 0 aliphatic heterocycles. The van der Waals surface area contributed by atoms with Gasteiger partial charge in [-0.15, -0.1) is 0 Å². The van der Waals surface area contributed by atoms with Gasteiger partial charge in [-0.05, 0) is 43.2 Å². The number of para-hydroxylation sites is 1. The molecule has 0 bridgehead atoms. The zero-order chi connectivity index (χ0) is 14.8. The van der Waals surface area contributed by atoms with Gasteiger partial charge in [0.2, 0.25) is 0 Å². The Balaban J connectivity index is 2.18. The van der Waals surface area contributed by atoms with Gasteiger partial charge in [0.1, 0.15) is 5.82 Å². The van der Waals surface area contributed by atoms with Gasteiger partial charge in [-0.3, -0.25) is 4.57 Å². The standard InChI is InChI=1S/C17H19N3O/c1-12-19-15-11-14(18)7-8-17(15)20(12)16-6-4-3-5-13(16)9-10-21-2/h3-8,11H,9-10,18H2,1-2H3. The number of benzene rings is 2. The van der Waals surface area contributed by atoms with Crippen molar-refractivity contribution < 1.29 is 4.74 Å². The number of methoxy groups -OCH3 is 1. The largest absolute Gasteiger partial charge is 0.399 e. The number of anilines is 1. The highest BCUT2D eigenvalue weighted by molar-refractivity contribution is 5.81. The van der Waals surface area contributed by atoms with E-state index in [2.05, 4.69) is 27.8 Å². The number of fused-ring (bicyclic) bond motifs is 1. The fraction of sp³-hybridized carbons (Fsp3) is 0.235. The van der Waals surface area contributed by atoms with Crippen molar-refractivity contribution in [2.75, 3.05) is 19.5 Å². The lowest BCUT2D eigenvalue weighted by atomic mass is 10.1. The summed E-state index contributed by atoms with van der Waals surface area (Å²) in [6, 6.07) is 14.2. The van der Waals surface area contributed by atoms with Gasteiger partial charge in [-0.2, -0.15) is 0 Å². The Hall–Kier alpha value is -2.33. The van der Waals surface area contributed by atoms with Crippen LogP contribution < -0.4 is 5.73 Å². The van der Waals surface area contributed by atoms with Gasteiger partial charge in [0.25, 0.3) is 0 Å². The van der Waals surface area contributed by atoms with Gasteiger partial charge in [0.15, 0.2) is 0 Å². The topological polar surface area (TPSA) is 53.1 Å². The Kier molecular flexibility index (Phi) is 3.62. The minimum Gasteiger partial charge on any atom is -0.399 e. The number of ether oxygens (including phenoxy) is 1. The van der Waals surface area contributed by atoms with Crippen molar-refractivity contribution in [2.24, 2.45) is 0 Å². The molecule has 0 aliphatic rings. The third-order valence-electron chi connectivity index (χ3n) is 3.65. The molecule has 3 aromatic rings. The first-order valence-electron chi connectivity index (χ1n) is 7.02. The predicted octanol–water partition coefficient (Wildman–Crippen LogP) is 3.11. The number of nitrogens with two attached hydrogens (primary N) is 1. The molecule has 0 saturated heterocycles. The first-order valence-corrected chi connectivity index (χ1v) is 7.02. The van der Waals surface area contributed by atoms with E-state index >= 15 is 0 Å². The van der Waals surface area contributed by atoms with Crippen LogP contribution in [-0.2, 0) is 11.2 Å². The van der Waals surface area contributed by atoms with Gasteiger partial charge in [-0.25, -0.2) is 4.98 Å². The van der Waals surface area contributed by atoms with Crippen LogP contribution in [0.4, 0.5) is 5.69 Å². The summed E-state index contributed by atoms with van der Waals surface area (Å²) in [6.45, 7) is 2.72. The van der Waals surface area contributed by atoms with Gasteiger partial charge in [0.05, 0.1) is 23.3 Å². The Morgan fingerprint density at radius 3 is 2.81 bits per heavy atom. The van der Waals surface area contributed by atoms with Crippen molar-refractivity contribution in [2.45, 2.75) is 13.3 Å². The molecule has 0 fully saturated rings. The summed E-state index contributed by atoms with van der Waals surface area (Å²) in [6.07, 6.45) is 0.876. The molecule has 0 amide bonds. The lowest BCUT2D eigenvalue weighted by Gasteiger charge is -2.12. The molecule has 108 valence electrons. The van der Waals surface area contributed by atoms with Crippen LogP contribution in [0.25, 0.3) is 16.7 Å². The monoisotopic (exact) mass is 281 g/mol. The summed E-state index contributed by atoms with van der Waals surface area (Å²) in [5.41, 5.74) is 11.0. The predicted molar refractivity (Wildman–Crippen MR) is 85.8 cm³/mol. The summed E-state index contributed by atoms with van der Waals surface area (Å²) in [5.74, 6) is 0.959. The van der Waals surface area contributed by atoms with E-state index in [0.29, 0.717) is 6.61 Å². The number of nitrogen functional groups attached to an aromatic ring is 1. The van der Waals surface area contributed by atoms with E-state index < -0.39 is 0 Å². The first kappa shape index (κ1) is 13.6. The summed E-state index contributed by atoms with van der Waals surface area (Å²) in [5, 5.41) is 0. The van der Waals surface area contributed by atoms with Crippen LogP contribution in [0.15, 0.2) is 42.5 Å². The molecule has 21 heavy (non-hydrogen) atoms. The van der Waals surface area contributed by atoms with Crippen molar-refractivity contribution >= 4 is 16.7 Å². The molecule has 1 heterocycles. The average molecular weight is 281 g/mol. The van der Waals surface area contributed by atoms with Gasteiger partial charge in [0, 0.05) is 12.8 Å². The van der Waals surface area contributed by atoms with E-state index in [1.54, 1.807) is 7.11 Å². The average Bonchev–Trinajstić information content (AvgIpc) is 2.80. The second kappa shape index (κ2) is 5.58. The van der Waals surface area contributed by atoms with Gasteiger partial charge < -0.3 is 10.5 Å². The van der Waals surface area contributed by atoms with Crippen molar-refractivity contribution in [1.29, 1.82) is 0 Å². The highest BCUT2D eigenvalue weighted by Crippen LogP contribution is 2.25. The Morgan fingerprint density at radius 2 is 2.00 bits per heavy atom. The maximum absolute atomic E-state index is 5.85. The molecule has 0 atom stereocenters. The molecule has 0 aliphatic carbocycles. The zero-order valence-corrected chi connectivity index (χ0v) is 12.3. The maximum Gasteiger partial charge on any atom is 0.111 e. The van der Waals surface area contributed by atoms with Crippen LogP contribution in [0.1, 0.15) is 11.4 Å². The fourth-order valence-corrected chi connectivity index (χ4v) is 2.67. The fourth-order valence-electron chi connectivity index (χ4n) is 2.67. The van der Waals surface area contributed by atoms with Crippen LogP contribution in [0.5, 0.6) is 0 Å². The lowest BCUT2D eigenvalue weighted by Crippen LogP contribution is -2.04. The summed E-state index contributed by atoms with van der Waals surface area (Å²) < 4.78 is 7.39. The quantitative estimate of drug-likeness (QED) is 0.748. The summed E-state index contributed by atoms with van der Waals surface area (Å²) in [4.78, 5) is 4.62. The second-order valence-electron chi connectivity index (χ2n) is 5.11. The minimum absolute atomic E-state index is 0.704. The molecule has 0 spiro atoms. The second-order valence-corrected chi connectivity index (χ2v) is 5.11. The number of hydrogen-bond acceptors (Lipinski definition) is 3. The smallest absolute Gasteiger partial charge is 0.111 e.